The van der Waals surface area contributed by atoms with Crippen LogP contribution in [0.4, 0.5) is 0 Å². The Hall–Kier alpha value is -1.33. The van der Waals surface area contributed by atoms with E-state index >= 15 is 0 Å². The highest BCUT2D eigenvalue weighted by molar-refractivity contribution is 5.29. The fourth-order valence-electron chi connectivity index (χ4n) is 2.39. The topological polar surface area (TPSA) is 33.0 Å². The molecule has 1 unspecified atom stereocenters. The van der Waals surface area contributed by atoms with Gasteiger partial charge in [0.1, 0.15) is 0 Å². The molecular weight excluding hydrogens is 222 g/mol. The second-order valence-electron chi connectivity index (χ2n) is 6.32. The minimum atomic E-state index is -0.302. The Bertz CT molecular complexity index is 441. The van der Waals surface area contributed by atoms with E-state index in [4.69, 9.17) is 4.74 Å². The minimum absolute atomic E-state index is 0.182. The average Bonchev–Trinajstić information content (AvgIpc) is 2.78. The molecule has 0 saturated carbocycles. The van der Waals surface area contributed by atoms with Gasteiger partial charge in [-0.15, -0.1) is 0 Å². The van der Waals surface area contributed by atoms with Crippen molar-refractivity contribution in [3.63, 3.8) is 0 Å². The quantitative estimate of drug-likeness (QED) is 0.797. The number of hydrogen-bond acceptors (Lipinski definition) is 2. The van der Waals surface area contributed by atoms with E-state index in [-0.39, 0.29) is 10.8 Å². The van der Waals surface area contributed by atoms with E-state index in [1.165, 1.54) is 11.1 Å². The summed E-state index contributed by atoms with van der Waals surface area (Å²) in [6.07, 6.45) is 1.65. The van der Waals surface area contributed by atoms with Gasteiger partial charge in [-0.25, -0.2) is 0 Å². The van der Waals surface area contributed by atoms with Crippen molar-refractivity contribution in [1.82, 2.24) is 0 Å². The average molecular weight is 243 g/mol. The van der Waals surface area contributed by atoms with Crippen LogP contribution >= 0.6 is 0 Å². The normalized spacial score (nSPS) is 23.9. The minimum Gasteiger partial charge on any atom is -0.380 e. The third-order valence-electron chi connectivity index (χ3n) is 3.70. The first-order valence-corrected chi connectivity index (χ1v) is 6.54. The van der Waals surface area contributed by atoms with Gasteiger partial charge >= 0.3 is 0 Å². The Kier molecular flexibility index (Phi) is 3.45. The SMILES string of the molecule is CC(C)(C)c1ccc(CC2(C#N)CCOC2)cc1. The first-order valence-electron chi connectivity index (χ1n) is 6.54. The molecule has 1 aliphatic heterocycles. The lowest BCUT2D eigenvalue weighted by Crippen LogP contribution is -2.21. The third-order valence-corrected chi connectivity index (χ3v) is 3.70. The predicted molar refractivity (Wildman–Crippen MR) is 72.3 cm³/mol. The van der Waals surface area contributed by atoms with Crippen molar-refractivity contribution in [2.45, 2.75) is 39.0 Å². The van der Waals surface area contributed by atoms with Gasteiger partial charge in [-0.1, -0.05) is 45.0 Å². The van der Waals surface area contributed by atoms with Crippen molar-refractivity contribution in [1.29, 1.82) is 5.26 Å². The van der Waals surface area contributed by atoms with Crippen LogP contribution in [0.2, 0.25) is 0 Å². The summed E-state index contributed by atoms with van der Waals surface area (Å²) in [5.74, 6) is 0. The van der Waals surface area contributed by atoms with Crippen LogP contribution in [0.3, 0.4) is 0 Å². The van der Waals surface area contributed by atoms with Crippen LogP contribution in [0.5, 0.6) is 0 Å². The molecule has 1 aromatic carbocycles. The van der Waals surface area contributed by atoms with Crippen molar-refractivity contribution >= 4 is 0 Å². The molecule has 0 radical (unpaired) electrons. The Morgan fingerprint density at radius 1 is 1.28 bits per heavy atom. The molecule has 2 nitrogen and oxygen atoms in total. The molecule has 1 aliphatic rings. The van der Waals surface area contributed by atoms with E-state index in [9.17, 15) is 5.26 Å². The van der Waals surface area contributed by atoms with Crippen LogP contribution < -0.4 is 0 Å². The highest BCUT2D eigenvalue weighted by atomic mass is 16.5. The maximum absolute atomic E-state index is 9.33. The van der Waals surface area contributed by atoms with E-state index in [1.54, 1.807) is 0 Å². The largest absolute Gasteiger partial charge is 0.380 e. The van der Waals surface area contributed by atoms with Gasteiger partial charge in [0, 0.05) is 6.61 Å². The number of benzene rings is 1. The van der Waals surface area contributed by atoms with Gasteiger partial charge in [-0.2, -0.15) is 5.26 Å². The van der Waals surface area contributed by atoms with Crippen LogP contribution in [0.15, 0.2) is 24.3 Å². The molecule has 1 fully saturated rings. The summed E-state index contributed by atoms with van der Waals surface area (Å²) in [6, 6.07) is 11.1. The molecule has 1 saturated heterocycles. The number of nitrogens with zero attached hydrogens (tertiary/aromatic N) is 1. The van der Waals surface area contributed by atoms with Gasteiger partial charge in [-0.3, -0.25) is 0 Å². The molecule has 0 amide bonds. The maximum atomic E-state index is 9.33. The van der Waals surface area contributed by atoms with Crippen LogP contribution in [-0.2, 0) is 16.6 Å². The zero-order valence-corrected chi connectivity index (χ0v) is 11.5. The highest BCUT2D eigenvalue weighted by Gasteiger charge is 2.35. The second kappa shape index (κ2) is 4.74. The lowest BCUT2D eigenvalue weighted by Gasteiger charge is -2.21. The summed E-state index contributed by atoms with van der Waals surface area (Å²) in [4.78, 5) is 0. The van der Waals surface area contributed by atoms with Crippen LogP contribution in [0.1, 0.15) is 38.3 Å². The number of ether oxygens (including phenoxy) is 1. The van der Waals surface area contributed by atoms with Crippen LogP contribution in [0, 0.1) is 16.7 Å². The monoisotopic (exact) mass is 243 g/mol. The molecule has 0 aliphatic carbocycles. The number of hydrogen-bond donors (Lipinski definition) is 0. The van der Waals surface area contributed by atoms with Gasteiger partial charge in [0.25, 0.3) is 0 Å². The Morgan fingerprint density at radius 2 is 1.94 bits per heavy atom. The third kappa shape index (κ3) is 2.73. The van der Waals surface area contributed by atoms with Crippen LogP contribution in [0.25, 0.3) is 0 Å². The lowest BCUT2D eigenvalue weighted by molar-refractivity contribution is 0.171. The molecule has 0 bridgehead atoms. The summed E-state index contributed by atoms with van der Waals surface area (Å²) in [5.41, 5.74) is 2.44. The molecule has 0 aromatic heterocycles. The summed E-state index contributed by atoms with van der Waals surface area (Å²) in [7, 11) is 0. The standard InChI is InChI=1S/C16H21NO/c1-15(2,3)14-6-4-13(5-7-14)10-16(11-17)8-9-18-12-16/h4-7H,8-10,12H2,1-3H3. The Morgan fingerprint density at radius 3 is 2.39 bits per heavy atom. The van der Waals surface area contributed by atoms with Crippen molar-refractivity contribution in [2.24, 2.45) is 5.41 Å². The maximum Gasteiger partial charge on any atom is 0.0868 e. The summed E-state index contributed by atoms with van der Waals surface area (Å²) >= 11 is 0. The molecule has 1 heterocycles. The first-order chi connectivity index (χ1) is 8.45. The van der Waals surface area contributed by atoms with Crippen molar-refractivity contribution < 1.29 is 4.74 Å². The van der Waals surface area contributed by atoms with Gasteiger partial charge in [0.15, 0.2) is 0 Å². The molecule has 18 heavy (non-hydrogen) atoms. The van der Waals surface area contributed by atoms with E-state index in [0.717, 1.165) is 12.8 Å². The molecule has 1 atom stereocenters. The van der Waals surface area contributed by atoms with Crippen LogP contribution in [-0.4, -0.2) is 13.2 Å². The highest BCUT2D eigenvalue weighted by Crippen LogP contribution is 2.32. The zero-order chi connectivity index (χ0) is 13.2. The van der Waals surface area contributed by atoms with E-state index < -0.39 is 0 Å². The molecule has 2 rings (SSSR count). The van der Waals surface area contributed by atoms with Crippen molar-refractivity contribution in [3.05, 3.63) is 35.4 Å². The summed E-state index contributed by atoms with van der Waals surface area (Å²) in [6.45, 7) is 7.93. The first kappa shape index (κ1) is 13.1. The molecular formula is C16H21NO. The number of nitriles is 1. The van der Waals surface area contributed by atoms with Gasteiger partial charge in [0.05, 0.1) is 18.1 Å². The van der Waals surface area contributed by atoms with Crippen molar-refractivity contribution in [3.8, 4) is 6.07 Å². The smallest absolute Gasteiger partial charge is 0.0868 e. The van der Waals surface area contributed by atoms with Gasteiger partial charge in [0.2, 0.25) is 0 Å². The van der Waals surface area contributed by atoms with E-state index in [2.05, 4.69) is 51.1 Å². The zero-order valence-electron chi connectivity index (χ0n) is 11.5. The lowest BCUT2D eigenvalue weighted by atomic mass is 9.81. The fourth-order valence-corrected chi connectivity index (χ4v) is 2.39. The summed E-state index contributed by atoms with van der Waals surface area (Å²) < 4.78 is 5.38. The predicted octanol–water partition coefficient (Wildman–Crippen LogP) is 3.46. The van der Waals surface area contributed by atoms with Gasteiger partial charge < -0.3 is 4.74 Å². The van der Waals surface area contributed by atoms with E-state index in [1.807, 2.05) is 0 Å². The molecule has 2 heteroatoms. The second-order valence-corrected chi connectivity index (χ2v) is 6.32. The molecule has 96 valence electrons. The molecule has 0 N–H and O–H groups in total. The fraction of sp³-hybridized carbons (Fsp3) is 0.562. The molecule has 0 spiro atoms. The van der Waals surface area contributed by atoms with Crippen molar-refractivity contribution in [2.75, 3.05) is 13.2 Å². The van der Waals surface area contributed by atoms with Gasteiger partial charge in [-0.05, 0) is 29.4 Å². The molecule has 1 aromatic rings. The Labute approximate surface area is 110 Å². The number of rotatable bonds is 2. The summed E-state index contributed by atoms with van der Waals surface area (Å²) in [5, 5.41) is 9.33. The Balaban J connectivity index is 2.14. The van der Waals surface area contributed by atoms with E-state index in [0.29, 0.717) is 13.2 Å².